The van der Waals surface area contributed by atoms with Gasteiger partial charge in [0, 0.05) is 31.1 Å². The Labute approximate surface area is 108 Å². The van der Waals surface area contributed by atoms with E-state index in [9.17, 15) is 4.79 Å². The van der Waals surface area contributed by atoms with Crippen molar-refractivity contribution in [3.8, 4) is 5.75 Å². The molecule has 4 nitrogen and oxygen atoms in total. The average molecular weight is 248 g/mol. The van der Waals surface area contributed by atoms with Gasteiger partial charge in [-0.1, -0.05) is 18.2 Å². The van der Waals surface area contributed by atoms with Gasteiger partial charge in [-0.2, -0.15) is 0 Å². The molecular weight excluding hydrogens is 228 g/mol. The van der Waals surface area contributed by atoms with Crippen molar-refractivity contribution < 1.29 is 9.53 Å². The SMILES string of the molecule is COc1ccccc1CN[C@@H]1CCCNC(=O)C1. The topological polar surface area (TPSA) is 50.4 Å². The summed E-state index contributed by atoms with van der Waals surface area (Å²) >= 11 is 0. The zero-order valence-corrected chi connectivity index (χ0v) is 10.7. The van der Waals surface area contributed by atoms with Crippen LogP contribution in [0, 0.1) is 0 Å². The van der Waals surface area contributed by atoms with Crippen molar-refractivity contribution in [2.24, 2.45) is 0 Å². The van der Waals surface area contributed by atoms with Crippen molar-refractivity contribution in [1.29, 1.82) is 0 Å². The van der Waals surface area contributed by atoms with Gasteiger partial charge in [0.2, 0.25) is 5.91 Å². The first kappa shape index (κ1) is 12.9. The third-order valence-corrected chi connectivity index (χ3v) is 3.26. The molecule has 1 saturated heterocycles. The van der Waals surface area contributed by atoms with Crippen LogP contribution < -0.4 is 15.4 Å². The zero-order chi connectivity index (χ0) is 12.8. The normalized spacial score (nSPS) is 20.1. The van der Waals surface area contributed by atoms with Crippen LogP contribution in [0.15, 0.2) is 24.3 Å². The summed E-state index contributed by atoms with van der Waals surface area (Å²) in [5.41, 5.74) is 1.13. The van der Waals surface area contributed by atoms with Gasteiger partial charge in [-0.15, -0.1) is 0 Å². The molecule has 1 amide bonds. The maximum absolute atomic E-state index is 11.5. The Kier molecular flexibility index (Phi) is 4.59. The van der Waals surface area contributed by atoms with Crippen molar-refractivity contribution >= 4 is 5.91 Å². The Morgan fingerprint density at radius 3 is 3.11 bits per heavy atom. The maximum atomic E-state index is 11.5. The van der Waals surface area contributed by atoms with Gasteiger partial charge in [0.15, 0.2) is 0 Å². The monoisotopic (exact) mass is 248 g/mol. The first-order valence-corrected chi connectivity index (χ1v) is 6.41. The molecule has 1 heterocycles. The van der Waals surface area contributed by atoms with Crippen LogP contribution in [-0.2, 0) is 11.3 Å². The molecule has 18 heavy (non-hydrogen) atoms. The standard InChI is InChI=1S/C14H20N2O2/c1-18-13-7-3-2-5-11(13)10-16-12-6-4-8-15-14(17)9-12/h2-3,5,7,12,16H,4,6,8-10H2,1H3,(H,15,17)/t12-/m1/s1. The number of ether oxygens (including phenoxy) is 1. The first-order chi connectivity index (χ1) is 8.79. The number of benzene rings is 1. The largest absolute Gasteiger partial charge is 0.496 e. The molecule has 1 aliphatic rings. The van der Waals surface area contributed by atoms with Crippen molar-refractivity contribution in [2.45, 2.75) is 31.8 Å². The first-order valence-electron chi connectivity index (χ1n) is 6.41. The van der Waals surface area contributed by atoms with Crippen LogP contribution in [0.4, 0.5) is 0 Å². The molecule has 2 N–H and O–H groups in total. The minimum atomic E-state index is 0.144. The quantitative estimate of drug-likeness (QED) is 0.848. The second kappa shape index (κ2) is 6.40. The molecule has 1 aliphatic heterocycles. The Morgan fingerprint density at radius 1 is 1.44 bits per heavy atom. The van der Waals surface area contributed by atoms with E-state index >= 15 is 0 Å². The van der Waals surface area contributed by atoms with Crippen LogP contribution in [0.2, 0.25) is 0 Å². The van der Waals surface area contributed by atoms with Gasteiger partial charge >= 0.3 is 0 Å². The molecule has 0 aliphatic carbocycles. The molecule has 0 radical (unpaired) electrons. The average Bonchev–Trinajstić information content (AvgIpc) is 2.61. The summed E-state index contributed by atoms with van der Waals surface area (Å²) in [4.78, 5) is 11.5. The Hall–Kier alpha value is -1.55. The molecule has 1 aromatic carbocycles. The van der Waals surface area contributed by atoms with Gasteiger partial charge in [-0.05, 0) is 18.9 Å². The molecule has 1 fully saturated rings. The molecule has 1 atom stereocenters. The van der Waals surface area contributed by atoms with Gasteiger partial charge < -0.3 is 15.4 Å². The van der Waals surface area contributed by atoms with Gasteiger partial charge in [-0.3, -0.25) is 4.79 Å². The highest BCUT2D eigenvalue weighted by molar-refractivity contribution is 5.76. The van der Waals surface area contributed by atoms with E-state index in [1.54, 1.807) is 7.11 Å². The lowest BCUT2D eigenvalue weighted by molar-refractivity contribution is -0.121. The third kappa shape index (κ3) is 3.47. The number of nitrogens with one attached hydrogen (secondary N) is 2. The lowest BCUT2D eigenvalue weighted by atomic mass is 10.1. The summed E-state index contributed by atoms with van der Waals surface area (Å²) in [6.45, 7) is 1.54. The summed E-state index contributed by atoms with van der Waals surface area (Å²) in [6.07, 6.45) is 2.64. The number of hydrogen-bond acceptors (Lipinski definition) is 3. The highest BCUT2D eigenvalue weighted by Crippen LogP contribution is 2.17. The summed E-state index contributed by atoms with van der Waals surface area (Å²) in [5.74, 6) is 1.04. The van der Waals surface area contributed by atoms with Crippen molar-refractivity contribution in [3.05, 3.63) is 29.8 Å². The van der Waals surface area contributed by atoms with Crippen LogP contribution in [0.1, 0.15) is 24.8 Å². The number of rotatable bonds is 4. The molecule has 1 aromatic rings. The summed E-state index contributed by atoms with van der Waals surface area (Å²) in [7, 11) is 1.68. The Balaban J connectivity index is 1.92. The molecular formula is C14H20N2O2. The minimum Gasteiger partial charge on any atom is -0.496 e. The molecule has 4 heteroatoms. The molecule has 98 valence electrons. The second-order valence-electron chi connectivity index (χ2n) is 4.59. The second-order valence-corrected chi connectivity index (χ2v) is 4.59. The Bertz CT molecular complexity index is 407. The number of hydrogen-bond donors (Lipinski definition) is 2. The van der Waals surface area contributed by atoms with Gasteiger partial charge in [0.05, 0.1) is 7.11 Å². The van der Waals surface area contributed by atoms with Gasteiger partial charge in [-0.25, -0.2) is 0 Å². The maximum Gasteiger partial charge on any atom is 0.221 e. The Morgan fingerprint density at radius 2 is 2.28 bits per heavy atom. The number of carbonyl (C=O) groups excluding carboxylic acids is 1. The highest BCUT2D eigenvalue weighted by Gasteiger charge is 2.16. The number of carbonyl (C=O) groups is 1. The molecule has 2 rings (SSSR count). The lowest BCUT2D eigenvalue weighted by Gasteiger charge is -2.16. The molecule has 0 unspecified atom stereocenters. The van der Waals surface area contributed by atoms with E-state index in [1.807, 2.05) is 24.3 Å². The number of methoxy groups -OCH3 is 1. The van der Waals surface area contributed by atoms with E-state index in [1.165, 1.54) is 0 Å². The predicted molar refractivity (Wildman–Crippen MR) is 70.5 cm³/mol. The zero-order valence-electron chi connectivity index (χ0n) is 10.7. The fourth-order valence-electron chi connectivity index (χ4n) is 2.25. The van der Waals surface area contributed by atoms with Gasteiger partial charge in [0.1, 0.15) is 5.75 Å². The van der Waals surface area contributed by atoms with Crippen molar-refractivity contribution in [3.63, 3.8) is 0 Å². The molecule has 0 aromatic heterocycles. The summed E-state index contributed by atoms with van der Waals surface area (Å²) in [6, 6.07) is 8.22. The third-order valence-electron chi connectivity index (χ3n) is 3.26. The van der Waals surface area contributed by atoms with E-state index in [0.717, 1.165) is 37.2 Å². The van der Waals surface area contributed by atoms with Crippen LogP contribution >= 0.6 is 0 Å². The smallest absolute Gasteiger partial charge is 0.221 e. The van der Waals surface area contributed by atoms with Crippen LogP contribution in [0.25, 0.3) is 0 Å². The van der Waals surface area contributed by atoms with E-state index in [2.05, 4.69) is 10.6 Å². The fourth-order valence-corrected chi connectivity index (χ4v) is 2.25. The minimum absolute atomic E-state index is 0.144. The molecule has 0 spiro atoms. The summed E-state index contributed by atoms with van der Waals surface area (Å²) < 4.78 is 5.31. The molecule has 0 bridgehead atoms. The van der Waals surface area contributed by atoms with E-state index < -0.39 is 0 Å². The lowest BCUT2D eigenvalue weighted by Crippen LogP contribution is -2.32. The summed E-state index contributed by atoms with van der Waals surface area (Å²) in [5, 5.41) is 6.33. The fraction of sp³-hybridized carbons (Fsp3) is 0.500. The van der Waals surface area contributed by atoms with Crippen molar-refractivity contribution in [2.75, 3.05) is 13.7 Å². The van der Waals surface area contributed by atoms with Crippen molar-refractivity contribution in [1.82, 2.24) is 10.6 Å². The highest BCUT2D eigenvalue weighted by atomic mass is 16.5. The van der Waals surface area contributed by atoms with Crippen LogP contribution in [0.5, 0.6) is 5.75 Å². The van der Waals surface area contributed by atoms with Crippen LogP contribution in [0.3, 0.4) is 0 Å². The number of amides is 1. The predicted octanol–water partition coefficient (Wildman–Crippen LogP) is 1.45. The molecule has 0 saturated carbocycles. The van der Waals surface area contributed by atoms with E-state index in [4.69, 9.17) is 4.74 Å². The van der Waals surface area contributed by atoms with Crippen LogP contribution in [-0.4, -0.2) is 25.6 Å². The van der Waals surface area contributed by atoms with E-state index in [-0.39, 0.29) is 11.9 Å². The van der Waals surface area contributed by atoms with E-state index in [0.29, 0.717) is 6.42 Å². The van der Waals surface area contributed by atoms with Gasteiger partial charge in [0.25, 0.3) is 0 Å². The number of para-hydroxylation sites is 1.